The Labute approximate surface area is 119 Å². The van der Waals surface area contributed by atoms with Gasteiger partial charge in [0.2, 0.25) is 0 Å². The molecular weight excluding hydrogens is 250 g/mol. The fourth-order valence-electron chi connectivity index (χ4n) is 2.66. The van der Waals surface area contributed by atoms with E-state index < -0.39 is 0 Å². The fraction of sp³-hybridized carbons (Fsp3) is 0.375. The van der Waals surface area contributed by atoms with Gasteiger partial charge in [-0.1, -0.05) is 18.2 Å². The van der Waals surface area contributed by atoms with Gasteiger partial charge in [-0.3, -0.25) is 9.78 Å². The minimum Gasteiger partial charge on any atom is -0.336 e. The van der Waals surface area contributed by atoms with Gasteiger partial charge >= 0.3 is 0 Å². The zero-order chi connectivity index (χ0) is 14.1. The van der Waals surface area contributed by atoms with Gasteiger partial charge in [-0.25, -0.2) is 0 Å². The molecule has 0 radical (unpaired) electrons. The number of pyridine rings is 1. The average Bonchev–Trinajstić information content (AvgIpc) is 2.46. The number of para-hydroxylation sites is 1. The first-order valence-corrected chi connectivity index (χ1v) is 6.99. The Balaban J connectivity index is 1.99. The summed E-state index contributed by atoms with van der Waals surface area (Å²) >= 11 is 0. The molecule has 4 heteroatoms. The van der Waals surface area contributed by atoms with Gasteiger partial charge < -0.3 is 9.80 Å². The summed E-state index contributed by atoms with van der Waals surface area (Å²) < 4.78 is 0. The van der Waals surface area contributed by atoms with E-state index in [1.807, 2.05) is 42.2 Å². The van der Waals surface area contributed by atoms with E-state index in [1.54, 1.807) is 0 Å². The minimum atomic E-state index is 0.125. The molecule has 1 aliphatic heterocycles. The van der Waals surface area contributed by atoms with Crippen molar-refractivity contribution in [1.29, 1.82) is 0 Å². The maximum absolute atomic E-state index is 12.8. The summed E-state index contributed by atoms with van der Waals surface area (Å²) in [5.74, 6) is 0.125. The molecule has 0 saturated carbocycles. The topological polar surface area (TPSA) is 36.4 Å². The number of aromatic nitrogens is 1. The molecule has 1 amide bonds. The first kappa shape index (κ1) is 13.1. The fourth-order valence-corrected chi connectivity index (χ4v) is 2.66. The number of likely N-dealkylation sites (N-methyl/N-ethyl adjacent to an activating group) is 1. The zero-order valence-corrected chi connectivity index (χ0v) is 12.0. The number of nitrogens with zero attached hydrogens (tertiary/aromatic N) is 3. The molecule has 20 heavy (non-hydrogen) atoms. The Morgan fingerprint density at radius 2 is 1.85 bits per heavy atom. The van der Waals surface area contributed by atoms with Crippen molar-refractivity contribution in [2.45, 2.75) is 6.92 Å². The molecule has 104 valence electrons. The van der Waals surface area contributed by atoms with E-state index in [9.17, 15) is 4.79 Å². The molecule has 1 aliphatic rings. The summed E-state index contributed by atoms with van der Waals surface area (Å²) in [6, 6.07) is 9.76. The van der Waals surface area contributed by atoms with Crippen LogP contribution in [0, 0.1) is 6.92 Å². The lowest BCUT2D eigenvalue weighted by molar-refractivity contribution is 0.0666. The molecule has 3 rings (SSSR count). The molecule has 0 bridgehead atoms. The van der Waals surface area contributed by atoms with Crippen molar-refractivity contribution in [3.63, 3.8) is 0 Å². The molecule has 0 atom stereocenters. The van der Waals surface area contributed by atoms with Gasteiger partial charge in [-0.2, -0.15) is 0 Å². The minimum absolute atomic E-state index is 0.125. The molecule has 1 aromatic carbocycles. The van der Waals surface area contributed by atoms with Crippen molar-refractivity contribution in [3.05, 3.63) is 41.6 Å². The first-order chi connectivity index (χ1) is 9.65. The number of amides is 1. The largest absolute Gasteiger partial charge is 0.336 e. The summed E-state index contributed by atoms with van der Waals surface area (Å²) in [4.78, 5) is 21.4. The van der Waals surface area contributed by atoms with Crippen LogP contribution in [-0.4, -0.2) is 53.9 Å². The van der Waals surface area contributed by atoms with Crippen LogP contribution in [-0.2, 0) is 0 Å². The van der Waals surface area contributed by atoms with Crippen molar-refractivity contribution < 1.29 is 4.79 Å². The first-order valence-electron chi connectivity index (χ1n) is 6.99. The van der Waals surface area contributed by atoms with Gasteiger partial charge in [0.1, 0.15) is 0 Å². The van der Waals surface area contributed by atoms with E-state index in [1.165, 1.54) is 0 Å². The Morgan fingerprint density at radius 1 is 1.15 bits per heavy atom. The molecule has 1 fully saturated rings. The van der Waals surface area contributed by atoms with Crippen molar-refractivity contribution in [3.8, 4) is 0 Å². The quantitative estimate of drug-likeness (QED) is 0.793. The van der Waals surface area contributed by atoms with Crippen LogP contribution >= 0.6 is 0 Å². The molecule has 0 aliphatic carbocycles. The summed E-state index contributed by atoms with van der Waals surface area (Å²) in [6.45, 7) is 5.41. The average molecular weight is 269 g/mol. The molecular formula is C16H19N3O. The molecule has 1 saturated heterocycles. The van der Waals surface area contributed by atoms with Crippen LogP contribution in [0.3, 0.4) is 0 Å². The number of rotatable bonds is 1. The highest BCUT2D eigenvalue weighted by Gasteiger charge is 2.22. The number of hydrogen-bond donors (Lipinski definition) is 0. The summed E-state index contributed by atoms with van der Waals surface area (Å²) in [5.41, 5.74) is 2.56. The van der Waals surface area contributed by atoms with Crippen molar-refractivity contribution >= 4 is 16.8 Å². The van der Waals surface area contributed by atoms with Crippen molar-refractivity contribution in [2.75, 3.05) is 33.2 Å². The molecule has 1 aromatic heterocycles. The number of aryl methyl sites for hydroxylation is 1. The van der Waals surface area contributed by atoms with Gasteiger partial charge in [0, 0.05) is 37.3 Å². The van der Waals surface area contributed by atoms with Gasteiger partial charge in [-0.15, -0.1) is 0 Å². The molecule has 2 heterocycles. The Morgan fingerprint density at radius 3 is 2.60 bits per heavy atom. The lowest BCUT2D eigenvalue weighted by Gasteiger charge is -2.32. The van der Waals surface area contributed by atoms with E-state index in [0.29, 0.717) is 0 Å². The van der Waals surface area contributed by atoms with Gasteiger partial charge in [-0.05, 0) is 26.1 Å². The Hall–Kier alpha value is -1.94. The molecule has 2 aromatic rings. The Bertz CT molecular complexity index is 645. The summed E-state index contributed by atoms with van der Waals surface area (Å²) in [6.07, 6.45) is 0. The number of benzene rings is 1. The van der Waals surface area contributed by atoms with Crippen LogP contribution in [0.2, 0.25) is 0 Å². The maximum Gasteiger partial charge on any atom is 0.254 e. The van der Waals surface area contributed by atoms with E-state index in [0.717, 1.165) is 48.3 Å². The molecule has 0 spiro atoms. The van der Waals surface area contributed by atoms with Crippen LogP contribution in [0.15, 0.2) is 30.3 Å². The number of hydrogen-bond acceptors (Lipinski definition) is 3. The highest BCUT2D eigenvalue weighted by atomic mass is 16.2. The van der Waals surface area contributed by atoms with Gasteiger partial charge in [0.05, 0.1) is 11.1 Å². The lowest BCUT2D eigenvalue weighted by Crippen LogP contribution is -2.47. The zero-order valence-electron chi connectivity index (χ0n) is 12.0. The van der Waals surface area contributed by atoms with Crippen molar-refractivity contribution in [1.82, 2.24) is 14.8 Å². The molecule has 0 N–H and O–H groups in total. The smallest absolute Gasteiger partial charge is 0.254 e. The number of piperazine rings is 1. The lowest BCUT2D eigenvalue weighted by atomic mass is 10.1. The third-order valence-corrected chi connectivity index (χ3v) is 3.87. The number of carbonyl (C=O) groups excluding carboxylic acids is 1. The number of fused-ring (bicyclic) bond motifs is 1. The monoisotopic (exact) mass is 269 g/mol. The van der Waals surface area contributed by atoms with E-state index in [2.05, 4.69) is 16.9 Å². The van der Waals surface area contributed by atoms with Crippen LogP contribution in [0.4, 0.5) is 0 Å². The molecule has 0 unspecified atom stereocenters. The van der Waals surface area contributed by atoms with Crippen LogP contribution in [0.25, 0.3) is 10.9 Å². The normalized spacial score (nSPS) is 16.6. The predicted molar refractivity (Wildman–Crippen MR) is 79.9 cm³/mol. The highest BCUT2D eigenvalue weighted by molar-refractivity contribution is 6.06. The van der Waals surface area contributed by atoms with E-state index >= 15 is 0 Å². The second kappa shape index (κ2) is 5.21. The maximum atomic E-state index is 12.8. The SMILES string of the molecule is Cc1cc(C(=O)N2CCN(C)CC2)c2ccccc2n1. The molecule has 4 nitrogen and oxygen atoms in total. The third kappa shape index (κ3) is 2.39. The van der Waals surface area contributed by atoms with E-state index in [-0.39, 0.29) is 5.91 Å². The highest BCUT2D eigenvalue weighted by Crippen LogP contribution is 2.20. The summed E-state index contributed by atoms with van der Waals surface area (Å²) in [5, 5.41) is 0.946. The van der Waals surface area contributed by atoms with Crippen LogP contribution < -0.4 is 0 Å². The second-order valence-electron chi connectivity index (χ2n) is 5.42. The second-order valence-corrected chi connectivity index (χ2v) is 5.42. The van der Waals surface area contributed by atoms with Crippen molar-refractivity contribution in [2.24, 2.45) is 0 Å². The third-order valence-electron chi connectivity index (χ3n) is 3.87. The number of carbonyl (C=O) groups is 1. The standard InChI is InChI=1S/C16H19N3O/c1-12-11-14(13-5-3-4-6-15(13)17-12)16(20)19-9-7-18(2)8-10-19/h3-6,11H,7-10H2,1-2H3. The predicted octanol–water partition coefficient (Wildman–Crippen LogP) is 1.93. The van der Waals surface area contributed by atoms with Gasteiger partial charge in [0.15, 0.2) is 0 Å². The van der Waals surface area contributed by atoms with E-state index in [4.69, 9.17) is 0 Å². The van der Waals surface area contributed by atoms with Gasteiger partial charge in [0.25, 0.3) is 5.91 Å². The van der Waals surface area contributed by atoms with Crippen LogP contribution in [0.5, 0.6) is 0 Å². The summed E-state index contributed by atoms with van der Waals surface area (Å²) in [7, 11) is 2.09. The van der Waals surface area contributed by atoms with Crippen LogP contribution in [0.1, 0.15) is 16.1 Å². The Kier molecular flexibility index (Phi) is 3.40.